The average molecular weight is 1170 g/mol. The monoisotopic (exact) mass is 1170 g/mol. The number of pyridine rings is 4. The van der Waals surface area contributed by atoms with Gasteiger partial charge in [0.2, 0.25) is 0 Å². The lowest BCUT2D eigenvalue weighted by atomic mass is 9.90. The van der Waals surface area contributed by atoms with E-state index in [1.807, 2.05) is 208 Å². The Labute approximate surface area is 511 Å². The maximum atomic E-state index is 13.4. The van der Waals surface area contributed by atoms with Crippen molar-refractivity contribution < 1.29 is 38.0 Å². The van der Waals surface area contributed by atoms with Crippen LogP contribution in [0, 0.1) is 13.8 Å². The van der Waals surface area contributed by atoms with Gasteiger partial charge in [0.25, 0.3) is 0 Å². The fourth-order valence-corrected chi connectivity index (χ4v) is 10.5. The van der Waals surface area contributed by atoms with Crippen molar-refractivity contribution in [2.24, 2.45) is 20.5 Å². The van der Waals surface area contributed by atoms with Crippen molar-refractivity contribution in [2.75, 3.05) is 26.4 Å². The predicted octanol–water partition coefficient (Wildman–Crippen LogP) is 15.8. The van der Waals surface area contributed by atoms with Gasteiger partial charge < -0.3 is 28.4 Å². The summed E-state index contributed by atoms with van der Waals surface area (Å²) in [5.41, 5.74) is 14.3. The first-order valence-electron chi connectivity index (χ1n) is 29.2. The molecule has 4 aromatic heterocycles. The zero-order chi connectivity index (χ0) is 60.6. The molecule has 0 saturated carbocycles. The summed E-state index contributed by atoms with van der Waals surface area (Å²) in [5.74, 6) is 0.996. The number of para-hydroxylation sites is 2. The number of fused-ring (bicyclic) bond motifs is 8. The van der Waals surface area contributed by atoms with Gasteiger partial charge in [-0.15, -0.1) is 0 Å². The Kier molecular flexibility index (Phi) is 19.1. The molecule has 440 valence electrons. The van der Waals surface area contributed by atoms with E-state index in [4.69, 9.17) is 58.6 Å². The number of aromatic nitrogens is 4. The first-order chi connectivity index (χ1) is 43.1. The number of carbonyl (C=O) groups excluding carboxylic acids is 2. The lowest BCUT2D eigenvalue weighted by molar-refractivity contribution is -0.146. The molecule has 0 radical (unpaired) electrons. The molecule has 0 atom stereocenters. The minimum atomic E-state index is -0.526. The summed E-state index contributed by atoms with van der Waals surface area (Å²) in [6.07, 6.45) is 0.919. The van der Waals surface area contributed by atoms with E-state index in [-0.39, 0.29) is 65.3 Å². The van der Waals surface area contributed by atoms with Crippen LogP contribution in [0.3, 0.4) is 0 Å². The Hall–Kier alpha value is -10.7. The average Bonchev–Trinajstić information content (AvgIpc) is 1.65. The van der Waals surface area contributed by atoms with Gasteiger partial charge in [-0.2, -0.15) is 20.5 Å². The van der Waals surface area contributed by atoms with Crippen LogP contribution in [-0.2, 0) is 58.0 Å². The number of esters is 2. The Morgan fingerprint density at radius 2 is 0.670 bits per heavy atom. The molecule has 0 unspecified atom stereocenters. The van der Waals surface area contributed by atoms with E-state index in [0.717, 1.165) is 45.0 Å². The fourth-order valence-electron chi connectivity index (χ4n) is 10.5. The van der Waals surface area contributed by atoms with Gasteiger partial charge >= 0.3 is 11.9 Å². The van der Waals surface area contributed by atoms with Gasteiger partial charge in [0.1, 0.15) is 36.2 Å². The summed E-state index contributed by atoms with van der Waals surface area (Å²) in [6.45, 7) is 7.20. The number of benzene rings is 6. The van der Waals surface area contributed by atoms with Gasteiger partial charge in [-0.3, -0.25) is 9.97 Å². The second-order valence-electron chi connectivity index (χ2n) is 20.9. The lowest BCUT2D eigenvalue weighted by Gasteiger charge is -2.23. The largest absolute Gasteiger partial charge is 0.487 e. The Bertz CT molecular complexity index is 3820. The summed E-state index contributed by atoms with van der Waals surface area (Å²) in [5, 5.41) is 19.1. The standard InChI is InChI=1S/C72H64N8O8/c1-5-83-67(81)45-87-71-53-35-49-21-15-23-51(69(49)85-43-59-29-17-33-65(75-59)63-31-13-19-47(3)73-63)37-55-41-62(80-78-58-27-11-8-12-28-58)42-56(72(55)88-46-68(82)84-6-2)38-52-24-16-22-50(36-54(71)40-61(39-53)79-77-57-25-9-7-10-26-57)70(52)86-44-60-30-18-34-66(76-60)64-32-14-20-48(4)74-64/h7-34,39-42H,5-6,35-38,43-46H2,1-4H3. The third-order valence-electron chi connectivity index (χ3n) is 14.3. The highest BCUT2D eigenvalue weighted by molar-refractivity contribution is 5.72. The molecule has 6 aromatic carbocycles. The van der Waals surface area contributed by atoms with Crippen molar-refractivity contribution in [3.63, 3.8) is 0 Å². The minimum Gasteiger partial charge on any atom is -0.487 e. The molecule has 0 aliphatic heterocycles. The molecule has 8 bridgehead atoms. The summed E-state index contributed by atoms with van der Waals surface area (Å²) >= 11 is 0. The Morgan fingerprint density at radius 1 is 0.352 bits per heavy atom. The molecule has 0 fully saturated rings. The number of rotatable bonds is 20. The van der Waals surface area contributed by atoms with Crippen LogP contribution in [0.15, 0.2) is 215 Å². The molecule has 11 rings (SSSR count). The normalized spacial score (nSPS) is 12.0. The summed E-state index contributed by atoms with van der Waals surface area (Å²) in [7, 11) is 0. The number of hydrogen-bond donors (Lipinski definition) is 0. The molecule has 16 nitrogen and oxygen atoms in total. The van der Waals surface area contributed by atoms with Crippen molar-refractivity contribution in [1.82, 2.24) is 19.9 Å². The Balaban J connectivity index is 1.12. The number of hydrogen-bond acceptors (Lipinski definition) is 16. The maximum absolute atomic E-state index is 13.4. The number of azo groups is 2. The van der Waals surface area contributed by atoms with E-state index in [9.17, 15) is 9.59 Å². The van der Waals surface area contributed by atoms with Crippen molar-refractivity contribution in [1.29, 1.82) is 0 Å². The topological polar surface area (TPSA) is 191 Å². The molecule has 0 N–H and O–H groups in total. The smallest absolute Gasteiger partial charge is 0.344 e. The van der Waals surface area contributed by atoms with E-state index >= 15 is 0 Å². The molecule has 1 aliphatic rings. The van der Waals surface area contributed by atoms with E-state index in [2.05, 4.69) is 10.2 Å². The molecule has 0 spiro atoms. The molecule has 0 amide bonds. The maximum Gasteiger partial charge on any atom is 0.344 e. The van der Waals surface area contributed by atoms with Crippen LogP contribution >= 0.6 is 0 Å². The molecule has 1 aliphatic carbocycles. The van der Waals surface area contributed by atoms with Crippen LogP contribution in [0.5, 0.6) is 23.0 Å². The van der Waals surface area contributed by atoms with Crippen LogP contribution in [-0.4, -0.2) is 58.3 Å². The van der Waals surface area contributed by atoms with Crippen LogP contribution in [0.4, 0.5) is 22.7 Å². The SMILES string of the molecule is CCOC(=O)COc1c2cc(N=Nc3ccccc3)cc1Cc1cccc(c1OCc1cccc(-c3cccc(C)n3)n1)Cc1cc(N=Nc3ccccc3)cc(c1OCC(=O)OCC)Cc1cccc(c1OCc1cccc(-c3cccc(C)n3)n1)C2. The van der Waals surface area contributed by atoms with Gasteiger partial charge in [0.15, 0.2) is 13.2 Å². The molecule has 88 heavy (non-hydrogen) atoms. The Morgan fingerprint density at radius 3 is 1.02 bits per heavy atom. The van der Waals surface area contributed by atoms with Crippen molar-refractivity contribution in [3.8, 4) is 45.8 Å². The molecular formula is C72H64N8O8. The third kappa shape index (κ3) is 15.2. The number of nitrogens with zero attached hydrogens (tertiary/aromatic N) is 8. The molecule has 16 heteroatoms. The summed E-state index contributed by atoms with van der Waals surface area (Å²) < 4.78 is 38.5. The van der Waals surface area contributed by atoms with Gasteiger partial charge in [0.05, 0.1) is 70.1 Å². The van der Waals surface area contributed by atoms with E-state index in [1.165, 1.54) is 0 Å². The number of aryl methyl sites for hydroxylation is 2. The molecule has 4 heterocycles. The van der Waals surface area contributed by atoms with Crippen LogP contribution in [0.1, 0.15) is 81.1 Å². The fraction of sp³-hybridized carbons (Fsp3) is 0.194. The van der Waals surface area contributed by atoms with Gasteiger partial charge in [-0.1, -0.05) is 97.1 Å². The number of ether oxygens (including phenoxy) is 6. The van der Waals surface area contributed by atoms with Crippen LogP contribution in [0.2, 0.25) is 0 Å². The highest BCUT2D eigenvalue weighted by Crippen LogP contribution is 2.42. The second kappa shape index (κ2) is 28.4. The molecule has 0 saturated heterocycles. The number of carbonyl (C=O) groups is 2. The molecule has 10 aromatic rings. The van der Waals surface area contributed by atoms with E-state index in [0.29, 0.717) is 90.8 Å². The zero-order valence-electron chi connectivity index (χ0n) is 49.4. The first kappa shape index (κ1) is 59.0. The predicted molar refractivity (Wildman–Crippen MR) is 336 cm³/mol. The van der Waals surface area contributed by atoms with Gasteiger partial charge in [0, 0.05) is 59.3 Å². The van der Waals surface area contributed by atoms with E-state index < -0.39 is 11.9 Å². The van der Waals surface area contributed by atoms with Gasteiger partial charge in [-0.05, 0) is 147 Å². The lowest BCUT2D eigenvalue weighted by Crippen LogP contribution is -2.17. The van der Waals surface area contributed by atoms with E-state index in [1.54, 1.807) is 13.8 Å². The van der Waals surface area contributed by atoms with Crippen LogP contribution in [0.25, 0.3) is 22.8 Å². The summed E-state index contributed by atoms with van der Waals surface area (Å²) in [4.78, 5) is 46.3. The quantitative estimate of drug-likeness (QED) is 0.0519. The van der Waals surface area contributed by atoms with Crippen molar-refractivity contribution in [3.05, 3.63) is 261 Å². The first-order valence-corrected chi connectivity index (χ1v) is 29.2. The highest BCUT2D eigenvalue weighted by atomic mass is 16.6. The van der Waals surface area contributed by atoms with Crippen molar-refractivity contribution in [2.45, 2.75) is 66.6 Å². The summed E-state index contributed by atoms with van der Waals surface area (Å²) in [6, 6.07) is 62.1. The minimum absolute atomic E-state index is 0.0787. The highest BCUT2D eigenvalue weighted by Gasteiger charge is 2.25. The molecular weight excluding hydrogens is 1100 g/mol. The van der Waals surface area contributed by atoms with Crippen molar-refractivity contribution >= 4 is 34.7 Å². The van der Waals surface area contributed by atoms with Gasteiger partial charge in [-0.25, -0.2) is 19.6 Å². The van der Waals surface area contributed by atoms with Crippen LogP contribution < -0.4 is 18.9 Å². The third-order valence-corrected chi connectivity index (χ3v) is 14.3. The second-order valence-corrected chi connectivity index (χ2v) is 20.9. The zero-order valence-corrected chi connectivity index (χ0v) is 49.4.